The molecule has 166 valence electrons. The summed E-state index contributed by atoms with van der Waals surface area (Å²) in [5, 5.41) is 3.70. The third-order valence-corrected chi connectivity index (χ3v) is 5.09. The fraction of sp³-hybridized carbons (Fsp3) is 0.579. The van der Waals surface area contributed by atoms with Crippen LogP contribution in [0.2, 0.25) is 0 Å². The van der Waals surface area contributed by atoms with Crippen molar-refractivity contribution in [3.8, 4) is 0 Å². The van der Waals surface area contributed by atoms with Gasteiger partial charge in [-0.15, -0.1) is 0 Å². The van der Waals surface area contributed by atoms with Gasteiger partial charge < -0.3 is 19.9 Å². The van der Waals surface area contributed by atoms with Crippen LogP contribution in [0, 0.1) is 0 Å². The Balaban J connectivity index is 2.27. The Morgan fingerprint density at radius 3 is 2.47 bits per heavy atom. The number of nitrogens with zero attached hydrogens (tertiary/aromatic N) is 4. The number of amides is 3. The molecule has 11 heteroatoms. The summed E-state index contributed by atoms with van der Waals surface area (Å²) in [6.45, 7) is 7.51. The van der Waals surface area contributed by atoms with Crippen LogP contribution >= 0.6 is 15.9 Å². The summed E-state index contributed by atoms with van der Waals surface area (Å²) in [5.41, 5.74) is 0.377. The molecule has 0 unspecified atom stereocenters. The monoisotopic (exact) mass is 485 g/mol. The van der Waals surface area contributed by atoms with Crippen LogP contribution in [0.15, 0.2) is 10.5 Å². The van der Waals surface area contributed by atoms with Crippen LogP contribution < -0.4 is 10.2 Å². The Morgan fingerprint density at radius 1 is 1.30 bits per heavy atom. The van der Waals surface area contributed by atoms with Gasteiger partial charge in [-0.1, -0.05) is 0 Å². The molecule has 1 aromatic heterocycles. The first-order chi connectivity index (χ1) is 14.1. The van der Waals surface area contributed by atoms with Crippen molar-refractivity contribution in [1.29, 1.82) is 0 Å². The van der Waals surface area contributed by atoms with Crippen molar-refractivity contribution in [2.24, 2.45) is 0 Å². The fourth-order valence-electron chi connectivity index (χ4n) is 2.86. The van der Waals surface area contributed by atoms with Gasteiger partial charge in [0.2, 0.25) is 6.41 Å². The van der Waals surface area contributed by atoms with Gasteiger partial charge in [-0.25, -0.2) is 14.8 Å². The van der Waals surface area contributed by atoms with Crippen LogP contribution in [0.3, 0.4) is 0 Å². The van der Waals surface area contributed by atoms with Gasteiger partial charge in [0.25, 0.3) is 5.91 Å². The molecule has 1 aliphatic heterocycles. The number of anilines is 1. The van der Waals surface area contributed by atoms with E-state index in [0.29, 0.717) is 54.1 Å². The maximum atomic E-state index is 12.8. The predicted octanol–water partition coefficient (Wildman–Crippen LogP) is 1.78. The third-order valence-electron chi connectivity index (χ3n) is 4.40. The number of pyridine rings is 1. The average molecular weight is 486 g/mol. The first-order valence-corrected chi connectivity index (χ1v) is 10.3. The van der Waals surface area contributed by atoms with E-state index in [1.807, 2.05) is 25.7 Å². The van der Waals surface area contributed by atoms with Crippen molar-refractivity contribution in [3.63, 3.8) is 0 Å². The Labute approximate surface area is 184 Å². The largest absolute Gasteiger partial charge is 0.444 e. The van der Waals surface area contributed by atoms with E-state index in [1.54, 1.807) is 11.0 Å². The van der Waals surface area contributed by atoms with E-state index in [0.717, 1.165) is 5.06 Å². The number of nitrogens with one attached hydrogen (secondary N) is 1. The van der Waals surface area contributed by atoms with Gasteiger partial charge in [0.05, 0.1) is 24.9 Å². The number of aromatic nitrogens is 1. The number of carbonyl (C=O) groups excluding carboxylic acids is 3. The molecule has 3 amide bonds. The molecule has 1 saturated heterocycles. The summed E-state index contributed by atoms with van der Waals surface area (Å²) in [5.74, 6) is 0.115. The molecule has 0 radical (unpaired) electrons. The van der Waals surface area contributed by atoms with Crippen molar-refractivity contribution >= 4 is 40.2 Å². The lowest BCUT2D eigenvalue weighted by atomic mass is 10.1. The number of piperazine rings is 1. The maximum Gasteiger partial charge on any atom is 0.410 e. The molecule has 2 heterocycles. The summed E-state index contributed by atoms with van der Waals surface area (Å²) in [6, 6.07) is 1.67. The van der Waals surface area contributed by atoms with Crippen LogP contribution in [-0.4, -0.2) is 79.3 Å². The number of carbonyl (C=O) groups is 3. The van der Waals surface area contributed by atoms with Crippen LogP contribution in [0.1, 0.15) is 36.8 Å². The van der Waals surface area contributed by atoms with Crippen molar-refractivity contribution in [3.05, 3.63) is 21.8 Å². The first kappa shape index (κ1) is 23.9. The lowest BCUT2D eigenvalue weighted by Crippen LogP contribution is -2.50. The minimum absolute atomic E-state index is 0.212. The number of hydrogen-bond acceptors (Lipinski definition) is 7. The highest BCUT2D eigenvalue weighted by atomic mass is 79.9. The number of hydroxylamine groups is 2. The van der Waals surface area contributed by atoms with Gasteiger partial charge in [0, 0.05) is 37.7 Å². The van der Waals surface area contributed by atoms with Gasteiger partial charge in [-0.3, -0.25) is 14.4 Å². The Hall–Kier alpha value is -2.40. The van der Waals surface area contributed by atoms with Crippen LogP contribution in [0.5, 0.6) is 0 Å². The molecule has 0 atom stereocenters. The van der Waals surface area contributed by atoms with E-state index in [2.05, 4.69) is 26.2 Å². The number of halogens is 1. The third kappa shape index (κ3) is 6.05. The quantitative estimate of drug-likeness (QED) is 0.483. The van der Waals surface area contributed by atoms with E-state index < -0.39 is 5.60 Å². The van der Waals surface area contributed by atoms with Gasteiger partial charge in [-0.05, 0) is 42.8 Å². The topological polar surface area (TPSA) is 104 Å². The zero-order chi connectivity index (χ0) is 22.5. The molecule has 0 spiro atoms. The second-order valence-corrected chi connectivity index (χ2v) is 8.58. The molecule has 0 aromatic carbocycles. The highest BCUT2D eigenvalue weighted by Crippen LogP contribution is 2.27. The van der Waals surface area contributed by atoms with Gasteiger partial charge in [0.1, 0.15) is 11.4 Å². The predicted molar refractivity (Wildman–Crippen MR) is 114 cm³/mol. The summed E-state index contributed by atoms with van der Waals surface area (Å²) >= 11 is 3.41. The SMILES string of the molecule is CON(C)C(=O)c1cc(Br)c(CNC=O)nc1N1CCN(C(=O)OC(C)(C)C)CC1. The first-order valence-electron chi connectivity index (χ1n) is 9.49. The second kappa shape index (κ2) is 10.1. The van der Waals surface area contributed by atoms with E-state index >= 15 is 0 Å². The number of ether oxygens (including phenoxy) is 1. The molecule has 10 nitrogen and oxygen atoms in total. The summed E-state index contributed by atoms with van der Waals surface area (Å²) in [7, 11) is 2.92. The standard InChI is InChI=1S/C19H28BrN5O5/c1-19(2,3)30-18(28)25-8-6-24(7-9-25)16-13(17(27)23(4)29-5)10-14(20)15(22-16)11-21-12-26/h10,12H,6-9,11H2,1-5H3,(H,21,26). The summed E-state index contributed by atoms with van der Waals surface area (Å²) in [6.07, 6.45) is 0.225. The van der Waals surface area contributed by atoms with E-state index in [9.17, 15) is 14.4 Å². The molecular formula is C19H28BrN5O5. The average Bonchev–Trinajstić information content (AvgIpc) is 2.70. The molecule has 1 aliphatic rings. The Morgan fingerprint density at radius 2 is 1.93 bits per heavy atom. The number of rotatable bonds is 6. The van der Waals surface area contributed by atoms with Gasteiger partial charge >= 0.3 is 6.09 Å². The van der Waals surface area contributed by atoms with Crippen LogP contribution in [-0.2, 0) is 20.9 Å². The molecule has 0 bridgehead atoms. The molecule has 0 aliphatic carbocycles. The van der Waals surface area contributed by atoms with E-state index in [1.165, 1.54) is 14.2 Å². The minimum Gasteiger partial charge on any atom is -0.444 e. The molecule has 2 rings (SSSR count). The lowest BCUT2D eigenvalue weighted by molar-refractivity contribution is -0.109. The van der Waals surface area contributed by atoms with E-state index in [-0.39, 0.29) is 18.5 Å². The molecule has 1 N–H and O–H groups in total. The fourth-order valence-corrected chi connectivity index (χ4v) is 3.31. The summed E-state index contributed by atoms with van der Waals surface area (Å²) in [4.78, 5) is 49.0. The maximum absolute atomic E-state index is 12.8. The van der Waals surface area contributed by atoms with Gasteiger partial charge in [-0.2, -0.15) is 0 Å². The zero-order valence-electron chi connectivity index (χ0n) is 17.9. The molecule has 0 saturated carbocycles. The highest BCUT2D eigenvalue weighted by molar-refractivity contribution is 9.10. The number of hydrogen-bond donors (Lipinski definition) is 1. The molecule has 1 aromatic rings. The smallest absolute Gasteiger partial charge is 0.410 e. The molecule has 1 fully saturated rings. The molecular weight excluding hydrogens is 458 g/mol. The normalized spacial score (nSPS) is 14.3. The minimum atomic E-state index is -0.563. The Bertz CT molecular complexity index is 790. The van der Waals surface area contributed by atoms with Crippen molar-refractivity contribution in [2.75, 3.05) is 45.2 Å². The van der Waals surface area contributed by atoms with Crippen molar-refractivity contribution in [2.45, 2.75) is 32.9 Å². The van der Waals surface area contributed by atoms with Crippen molar-refractivity contribution in [1.82, 2.24) is 20.3 Å². The van der Waals surface area contributed by atoms with Crippen LogP contribution in [0.25, 0.3) is 0 Å². The lowest BCUT2D eigenvalue weighted by Gasteiger charge is -2.37. The highest BCUT2D eigenvalue weighted by Gasteiger charge is 2.29. The summed E-state index contributed by atoms with van der Waals surface area (Å²) < 4.78 is 6.03. The Kier molecular flexibility index (Phi) is 8.02. The van der Waals surface area contributed by atoms with Crippen LogP contribution in [0.4, 0.5) is 10.6 Å². The van der Waals surface area contributed by atoms with E-state index in [4.69, 9.17) is 9.57 Å². The van der Waals surface area contributed by atoms with Gasteiger partial charge in [0.15, 0.2) is 0 Å². The molecule has 30 heavy (non-hydrogen) atoms. The second-order valence-electron chi connectivity index (χ2n) is 7.73. The zero-order valence-corrected chi connectivity index (χ0v) is 19.5. The van der Waals surface area contributed by atoms with Crippen molar-refractivity contribution < 1.29 is 24.0 Å².